The number of thioether (sulfide) groups is 1. The first-order chi connectivity index (χ1) is 15.1. The number of aryl methyl sites for hydroxylation is 2. The van der Waals surface area contributed by atoms with Gasteiger partial charge in [0.1, 0.15) is 6.61 Å². The number of ether oxygens (including phenoxy) is 1. The Morgan fingerprint density at radius 3 is 2.81 bits per heavy atom. The van der Waals surface area contributed by atoms with Gasteiger partial charge in [-0.25, -0.2) is 4.79 Å². The zero-order valence-corrected chi connectivity index (χ0v) is 18.6. The highest BCUT2D eigenvalue weighted by atomic mass is 32.2. The van der Waals surface area contributed by atoms with E-state index in [-0.39, 0.29) is 12.3 Å². The number of rotatable bonds is 5. The average Bonchev–Trinajstić information content (AvgIpc) is 3.12. The molecule has 0 aliphatic carbocycles. The van der Waals surface area contributed by atoms with Gasteiger partial charge < -0.3 is 4.74 Å². The average molecular weight is 437 g/mol. The topological polar surface area (TPSA) is 86.7 Å². The molecule has 1 aliphatic heterocycles. The summed E-state index contributed by atoms with van der Waals surface area (Å²) < 4.78 is 8.49. The number of aromatic nitrogens is 4. The standard InChI is InChI=1S/C22H24N6O2S/c1-4-21(24-23-18-12-13-31-20-11-6-5-9-16(18)20)30-14-17-15(2)8-7-10-19(17)28-22(29)27(3)25-26-28/h5-11H,4,12-14H2,1-3H3/b23-18?,24-21-. The van der Waals surface area contributed by atoms with Crippen molar-refractivity contribution < 1.29 is 4.74 Å². The van der Waals surface area contributed by atoms with Crippen molar-refractivity contribution in [3.63, 3.8) is 0 Å². The van der Waals surface area contributed by atoms with Crippen LogP contribution in [0.2, 0.25) is 0 Å². The summed E-state index contributed by atoms with van der Waals surface area (Å²) in [7, 11) is 1.57. The molecule has 3 aromatic rings. The van der Waals surface area contributed by atoms with E-state index in [2.05, 4.69) is 32.8 Å². The second-order valence-electron chi connectivity index (χ2n) is 7.15. The van der Waals surface area contributed by atoms with Gasteiger partial charge in [-0.2, -0.15) is 14.5 Å². The molecule has 2 aromatic carbocycles. The van der Waals surface area contributed by atoms with Gasteiger partial charge in [-0.05, 0) is 35.0 Å². The van der Waals surface area contributed by atoms with Crippen LogP contribution in [0.4, 0.5) is 0 Å². The summed E-state index contributed by atoms with van der Waals surface area (Å²) in [6.07, 6.45) is 1.49. The van der Waals surface area contributed by atoms with Crippen molar-refractivity contribution in [3.05, 3.63) is 69.6 Å². The van der Waals surface area contributed by atoms with Crippen molar-refractivity contribution in [2.24, 2.45) is 17.3 Å². The molecule has 2 heterocycles. The highest BCUT2D eigenvalue weighted by molar-refractivity contribution is 7.99. The zero-order valence-electron chi connectivity index (χ0n) is 17.8. The minimum absolute atomic E-state index is 0.259. The molecule has 0 saturated carbocycles. The van der Waals surface area contributed by atoms with Gasteiger partial charge in [-0.15, -0.1) is 16.9 Å². The maximum atomic E-state index is 12.3. The van der Waals surface area contributed by atoms with E-state index in [0.29, 0.717) is 18.0 Å². The molecule has 0 saturated heterocycles. The molecule has 31 heavy (non-hydrogen) atoms. The Morgan fingerprint density at radius 2 is 2.03 bits per heavy atom. The van der Waals surface area contributed by atoms with Crippen molar-refractivity contribution in [2.45, 2.75) is 38.2 Å². The van der Waals surface area contributed by atoms with Crippen LogP contribution in [0.3, 0.4) is 0 Å². The van der Waals surface area contributed by atoms with E-state index in [1.807, 2.05) is 55.9 Å². The maximum absolute atomic E-state index is 12.3. The van der Waals surface area contributed by atoms with E-state index in [0.717, 1.165) is 34.6 Å². The predicted octanol–water partition coefficient (Wildman–Crippen LogP) is 3.50. The van der Waals surface area contributed by atoms with Crippen molar-refractivity contribution in [3.8, 4) is 5.69 Å². The number of hydrogen-bond acceptors (Lipinski definition) is 7. The summed E-state index contributed by atoms with van der Waals surface area (Å²) >= 11 is 1.84. The molecular formula is C22H24N6O2S. The van der Waals surface area contributed by atoms with E-state index in [9.17, 15) is 4.79 Å². The Balaban J connectivity index is 1.58. The molecule has 4 rings (SSSR count). The smallest absolute Gasteiger partial charge is 0.368 e. The van der Waals surface area contributed by atoms with E-state index in [1.54, 1.807) is 7.05 Å². The lowest BCUT2D eigenvalue weighted by atomic mass is 10.1. The molecule has 0 unspecified atom stereocenters. The summed E-state index contributed by atoms with van der Waals surface area (Å²) in [6.45, 7) is 4.22. The lowest BCUT2D eigenvalue weighted by Crippen LogP contribution is -2.23. The van der Waals surface area contributed by atoms with Gasteiger partial charge in [0.15, 0.2) is 0 Å². The number of tetrazole rings is 1. The zero-order chi connectivity index (χ0) is 21.8. The maximum Gasteiger partial charge on any atom is 0.368 e. The summed E-state index contributed by atoms with van der Waals surface area (Å²) in [4.78, 5) is 13.6. The first kappa shape index (κ1) is 21.0. The molecule has 0 spiro atoms. The third-order valence-electron chi connectivity index (χ3n) is 5.10. The van der Waals surface area contributed by atoms with Gasteiger partial charge in [0.2, 0.25) is 5.90 Å². The second kappa shape index (κ2) is 9.30. The summed E-state index contributed by atoms with van der Waals surface area (Å²) in [5.74, 6) is 1.54. The fourth-order valence-electron chi connectivity index (χ4n) is 3.34. The molecular weight excluding hydrogens is 412 g/mol. The first-order valence-corrected chi connectivity index (χ1v) is 11.1. The Morgan fingerprint density at radius 1 is 1.19 bits per heavy atom. The van der Waals surface area contributed by atoms with Crippen LogP contribution in [-0.4, -0.2) is 37.2 Å². The van der Waals surface area contributed by atoms with Gasteiger partial charge in [0.05, 0.1) is 11.4 Å². The first-order valence-electron chi connectivity index (χ1n) is 10.1. The van der Waals surface area contributed by atoms with Crippen LogP contribution in [0.5, 0.6) is 0 Å². The van der Waals surface area contributed by atoms with Gasteiger partial charge in [0.25, 0.3) is 0 Å². The number of hydrogen-bond donors (Lipinski definition) is 0. The van der Waals surface area contributed by atoms with Crippen LogP contribution < -0.4 is 5.69 Å². The predicted molar refractivity (Wildman–Crippen MR) is 122 cm³/mol. The third-order valence-corrected chi connectivity index (χ3v) is 6.17. The Hall–Kier alpha value is -3.20. The Bertz CT molecular complexity index is 1210. The van der Waals surface area contributed by atoms with E-state index in [4.69, 9.17) is 4.74 Å². The quantitative estimate of drug-likeness (QED) is 0.347. The highest BCUT2D eigenvalue weighted by Crippen LogP contribution is 2.30. The number of benzene rings is 2. The Kier molecular flexibility index (Phi) is 6.31. The van der Waals surface area contributed by atoms with Crippen LogP contribution in [0.25, 0.3) is 5.69 Å². The summed E-state index contributed by atoms with van der Waals surface area (Å²) in [6, 6.07) is 14.0. The molecule has 0 amide bonds. The summed E-state index contributed by atoms with van der Waals surface area (Å²) in [5, 5.41) is 16.7. The number of fused-ring (bicyclic) bond motifs is 1. The van der Waals surface area contributed by atoms with Crippen LogP contribution in [0.15, 0.2) is 62.4 Å². The second-order valence-corrected chi connectivity index (χ2v) is 8.28. The SMILES string of the molecule is CC/C(=N/N=C1CCSc2ccccc21)OCc1c(C)cccc1-n1nnn(C)c1=O. The van der Waals surface area contributed by atoms with Crippen LogP contribution in [0.1, 0.15) is 36.5 Å². The minimum atomic E-state index is -0.309. The van der Waals surface area contributed by atoms with Crippen LogP contribution in [0, 0.1) is 6.92 Å². The van der Waals surface area contributed by atoms with Crippen LogP contribution in [-0.2, 0) is 18.4 Å². The lowest BCUT2D eigenvalue weighted by molar-refractivity contribution is 0.282. The number of nitrogens with zero attached hydrogens (tertiary/aromatic N) is 6. The molecule has 0 radical (unpaired) electrons. The molecule has 0 atom stereocenters. The van der Waals surface area contributed by atoms with Crippen LogP contribution >= 0.6 is 11.8 Å². The van der Waals surface area contributed by atoms with Gasteiger partial charge in [-0.1, -0.05) is 37.3 Å². The molecule has 9 heteroatoms. The highest BCUT2D eigenvalue weighted by Gasteiger charge is 2.16. The van der Waals surface area contributed by atoms with E-state index in [1.165, 1.54) is 14.3 Å². The van der Waals surface area contributed by atoms with Gasteiger partial charge in [-0.3, -0.25) is 0 Å². The molecule has 0 N–H and O–H groups in total. The fourth-order valence-corrected chi connectivity index (χ4v) is 4.37. The molecule has 1 aromatic heterocycles. The third kappa shape index (κ3) is 4.46. The minimum Gasteiger partial charge on any atom is -0.475 e. The van der Waals surface area contributed by atoms with Gasteiger partial charge >= 0.3 is 5.69 Å². The molecule has 8 nitrogen and oxygen atoms in total. The van der Waals surface area contributed by atoms with Gasteiger partial charge in [0, 0.05) is 41.7 Å². The van der Waals surface area contributed by atoms with Crippen molar-refractivity contribution in [1.29, 1.82) is 0 Å². The lowest BCUT2D eigenvalue weighted by Gasteiger charge is -2.16. The normalized spacial score (nSPS) is 15.2. The van der Waals surface area contributed by atoms with E-state index >= 15 is 0 Å². The molecule has 160 valence electrons. The Labute approximate surface area is 184 Å². The van der Waals surface area contributed by atoms with Crippen molar-refractivity contribution in [2.75, 3.05) is 5.75 Å². The van der Waals surface area contributed by atoms with Crippen molar-refractivity contribution in [1.82, 2.24) is 19.8 Å². The summed E-state index contributed by atoms with van der Waals surface area (Å²) in [5.41, 5.74) is 4.32. The molecule has 0 bridgehead atoms. The van der Waals surface area contributed by atoms with E-state index < -0.39 is 0 Å². The van der Waals surface area contributed by atoms with Crippen molar-refractivity contribution >= 4 is 23.4 Å². The largest absolute Gasteiger partial charge is 0.475 e. The monoisotopic (exact) mass is 436 g/mol. The molecule has 0 fully saturated rings. The fraction of sp³-hybridized carbons (Fsp3) is 0.318. The molecule has 1 aliphatic rings.